The van der Waals surface area contributed by atoms with Crippen molar-refractivity contribution in [3.63, 3.8) is 0 Å². The molecule has 2 fully saturated rings. The van der Waals surface area contributed by atoms with Gasteiger partial charge in [-0.05, 0) is 140 Å². The van der Waals surface area contributed by atoms with Crippen molar-refractivity contribution in [2.75, 3.05) is 5.32 Å². The van der Waals surface area contributed by atoms with E-state index in [9.17, 15) is 45.0 Å². The first-order chi connectivity index (χ1) is 30.7. The molecule has 0 spiro atoms. The first kappa shape index (κ1) is 47.3. The zero-order valence-electron chi connectivity index (χ0n) is 36.7. The SMILES string of the molecule is NC1=NC(C(=CC(=O)O)C(CC2CCc3cc4ccc(CC=O)cc4cc3C2CCCC(N)CCC(C=O)CCC(O)O)Nc2ccc[nH]2)C2CCC(O)(C3(O)CCCC3)C(O)C2N1. The number of aryl methyl sites for hydroxylation is 1. The predicted molar refractivity (Wildman–Crippen MR) is 244 cm³/mol. The number of carboxylic acids is 1. The lowest BCUT2D eigenvalue weighted by Crippen LogP contribution is -2.72. The zero-order valence-corrected chi connectivity index (χ0v) is 36.7. The molecule has 3 aliphatic carbocycles. The Morgan fingerprint density at radius 3 is 2.47 bits per heavy atom. The number of carbonyl (C=O) groups is 3. The highest BCUT2D eigenvalue weighted by atomic mass is 16.5. The first-order valence-corrected chi connectivity index (χ1v) is 23.3. The van der Waals surface area contributed by atoms with Gasteiger partial charge in [-0.2, -0.15) is 0 Å². The van der Waals surface area contributed by atoms with Gasteiger partial charge in [0.2, 0.25) is 0 Å². The summed E-state index contributed by atoms with van der Waals surface area (Å²) >= 11 is 0. The van der Waals surface area contributed by atoms with Crippen molar-refractivity contribution in [3.05, 3.63) is 77.0 Å². The number of aliphatic hydroxyl groups is 5. The van der Waals surface area contributed by atoms with Crippen LogP contribution < -0.4 is 22.1 Å². The van der Waals surface area contributed by atoms with Crippen LogP contribution in [0.2, 0.25) is 0 Å². The molecule has 2 aromatic carbocycles. The molecule has 15 nitrogen and oxygen atoms in total. The number of hydrogen-bond acceptors (Lipinski definition) is 13. The minimum absolute atomic E-state index is 0.0231. The lowest BCUT2D eigenvalue weighted by Gasteiger charge is -2.54. The summed E-state index contributed by atoms with van der Waals surface area (Å²) in [5.41, 5.74) is 13.8. The number of aliphatic hydroxyl groups excluding tert-OH is 2. The van der Waals surface area contributed by atoms with Crippen molar-refractivity contribution in [1.29, 1.82) is 0 Å². The molecule has 0 saturated heterocycles. The number of carboxylic acid groups (broad SMARTS) is 1. The van der Waals surface area contributed by atoms with Crippen LogP contribution in [-0.4, -0.2) is 108 Å². The number of aldehydes is 2. The lowest BCUT2D eigenvalue weighted by atomic mass is 9.62. The summed E-state index contributed by atoms with van der Waals surface area (Å²) in [6.07, 6.45) is 11.1. The number of aliphatic carboxylic acids is 1. The molecule has 7 rings (SSSR count). The number of nitrogens with two attached hydrogens (primary N) is 2. The number of H-pyrrole nitrogens is 1. The molecule has 15 heteroatoms. The van der Waals surface area contributed by atoms with Crippen molar-refractivity contribution in [3.8, 4) is 0 Å². The lowest BCUT2D eigenvalue weighted by molar-refractivity contribution is -0.227. The van der Waals surface area contributed by atoms with Crippen molar-refractivity contribution in [1.82, 2.24) is 10.3 Å². The van der Waals surface area contributed by atoms with Crippen LogP contribution in [0.3, 0.4) is 0 Å². The summed E-state index contributed by atoms with van der Waals surface area (Å²) in [5, 5.41) is 73.6. The summed E-state index contributed by atoms with van der Waals surface area (Å²) < 4.78 is 0. The third kappa shape index (κ3) is 10.6. The Balaban J connectivity index is 1.20. The van der Waals surface area contributed by atoms with Gasteiger partial charge in [0.25, 0.3) is 0 Å². The van der Waals surface area contributed by atoms with E-state index in [1.807, 2.05) is 18.2 Å². The molecule has 0 bridgehead atoms. The molecule has 2 saturated carbocycles. The number of guanidine groups is 1. The molecule has 3 aromatic rings. The second-order valence-electron chi connectivity index (χ2n) is 19.2. The van der Waals surface area contributed by atoms with Gasteiger partial charge in [0.05, 0.1) is 23.7 Å². The first-order valence-electron chi connectivity index (χ1n) is 23.3. The molecule has 0 amide bonds. The molecule has 10 atom stereocenters. The molecule has 10 unspecified atom stereocenters. The number of aliphatic imine (C=N–C) groups is 1. The van der Waals surface area contributed by atoms with Gasteiger partial charge < -0.3 is 67.3 Å². The quantitative estimate of drug-likeness (QED) is 0.0409. The van der Waals surface area contributed by atoms with Crippen LogP contribution in [0.15, 0.2) is 65.3 Å². The molecule has 0 radical (unpaired) electrons. The average molecular weight is 885 g/mol. The van der Waals surface area contributed by atoms with E-state index in [-0.39, 0.29) is 42.6 Å². The van der Waals surface area contributed by atoms with Crippen molar-refractivity contribution >= 4 is 41.1 Å². The van der Waals surface area contributed by atoms with Gasteiger partial charge in [0, 0.05) is 36.6 Å². The number of aromatic nitrogens is 1. The van der Waals surface area contributed by atoms with Gasteiger partial charge in [0.1, 0.15) is 30.1 Å². The fraction of sp³-hybridized carbons (Fsp3) is 0.592. The number of hydrogen-bond donors (Lipinski definition) is 11. The van der Waals surface area contributed by atoms with Gasteiger partial charge in [-0.15, -0.1) is 0 Å². The zero-order chi connectivity index (χ0) is 45.6. The minimum atomic E-state index is -1.78. The number of nitrogens with zero attached hydrogens (tertiary/aromatic N) is 1. The Hall–Kier alpha value is -4.64. The predicted octanol–water partition coefficient (Wildman–Crippen LogP) is 4.08. The Kier molecular flexibility index (Phi) is 15.3. The van der Waals surface area contributed by atoms with Crippen molar-refractivity contribution < 1.29 is 45.0 Å². The number of fused-ring (bicyclic) bond motifs is 3. The monoisotopic (exact) mass is 885 g/mol. The molecule has 1 aromatic heterocycles. The van der Waals surface area contributed by atoms with Crippen LogP contribution >= 0.6 is 0 Å². The summed E-state index contributed by atoms with van der Waals surface area (Å²) in [7, 11) is 0. The Bertz CT molecular complexity index is 2140. The Labute approximate surface area is 374 Å². The molecule has 13 N–H and O–H groups in total. The van der Waals surface area contributed by atoms with Gasteiger partial charge in [-0.3, -0.25) is 0 Å². The van der Waals surface area contributed by atoms with Crippen LogP contribution in [0.5, 0.6) is 0 Å². The second-order valence-corrected chi connectivity index (χ2v) is 19.2. The normalized spacial score (nSPS) is 28.0. The van der Waals surface area contributed by atoms with E-state index in [1.54, 1.807) is 6.20 Å². The molecule has 2 heterocycles. The van der Waals surface area contributed by atoms with Gasteiger partial charge in [-0.1, -0.05) is 49.6 Å². The van der Waals surface area contributed by atoms with Crippen LogP contribution in [0, 0.1) is 17.8 Å². The molecular formula is C49H68N6O9. The minimum Gasteiger partial charge on any atom is -0.478 e. The fourth-order valence-corrected chi connectivity index (χ4v) is 11.7. The summed E-state index contributed by atoms with van der Waals surface area (Å²) in [6.45, 7) is 0. The van der Waals surface area contributed by atoms with E-state index in [0.29, 0.717) is 69.2 Å². The number of carbonyl (C=O) groups excluding carboxylic acids is 2. The number of anilines is 1. The van der Waals surface area contributed by atoms with E-state index in [2.05, 4.69) is 39.9 Å². The maximum atomic E-state index is 12.9. The van der Waals surface area contributed by atoms with Gasteiger partial charge >= 0.3 is 5.97 Å². The fourth-order valence-electron chi connectivity index (χ4n) is 11.7. The van der Waals surface area contributed by atoms with E-state index >= 15 is 0 Å². The van der Waals surface area contributed by atoms with Crippen LogP contribution in [0.4, 0.5) is 5.82 Å². The van der Waals surface area contributed by atoms with Gasteiger partial charge in [0.15, 0.2) is 12.2 Å². The summed E-state index contributed by atoms with van der Waals surface area (Å²) in [6, 6.07) is 12.1. The molecular weight excluding hydrogens is 817 g/mol. The smallest absolute Gasteiger partial charge is 0.328 e. The highest BCUT2D eigenvalue weighted by molar-refractivity contribution is 5.86. The Morgan fingerprint density at radius 2 is 1.77 bits per heavy atom. The van der Waals surface area contributed by atoms with E-state index < -0.39 is 53.6 Å². The second kappa shape index (κ2) is 20.7. The summed E-state index contributed by atoms with van der Waals surface area (Å²) in [5.74, 6) is -1.06. The van der Waals surface area contributed by atoms with E-state index in [0.717, 1.165) is 67.4 Å². The van der Waals surface area contributed by atoms with Crippen molar-refractivity contribution in [2.45, 2.75) is 163 Å². The number of nitrogens with one attached hydrogen (secondary N) is 3. The standard InChI is InChI=1S/C49H68N6O9/c50-35(14-9-30(28-57)10-15-42(58)59)5-3-6-36-33(13-12-32-24-31-11-8-29(17-22-56)23-34(31)25-38(32)36)26-40(53-41-7-4-21-52-41)39(27-43(60)61)44-37-16-20-49(64,48(63)18-1-2-19-48)46(62)45(37)55-47(51)54-44/h4,7-8,11,21-25,27-28,30,33,35-37,40,42,44-46,52-53,58-59,62-64H,1-3,5-6,9-10,12-20,26,50H2,(H,60,61)(H3,51,54,55). The average Bonchev–Trinajstić information content (AvgIpc) is 3.96. The molecule has 4 aliphatic rings. The van der Waals surface area contributed by atoms with Crippen molar-refractivity contribution in [2.24, 2.45) is 34.2 Å². The topological polar surface area (TPSA) is 277 Å². The number of rotatable bonds is 21. The largest absolute Gasteiger partial charge is 0.478 e. The van der Waals surface area contributed by atoms with Gasteiger partial charge in [-0.25, -0.2) is 9.79 Å². The third-order valence-corrected chi connectivity index (χ3v) is 15.1. The third-order valence-electron chi connectivity index (χ3n) is 15.1. The molecule has 1 aliphatic heterocycles. The van der Waals surface area contributed by atoms with Crippen LogP contribution in [0.1, 0.15) is 119 Å². The van der Waals surface area contributed by atoms with Crippen LogP contribution in [-0.2, 0) is 27.2 Å². The maximum absolute atomic E-state index is 12.9. The Morgan fingerprint density at radius 1 is 0.984 bits per heavy atom. The maximum Gasteiger partial charge on any atom is 0.328 e. The summed E-state index contributed by atoms with van der Waals surface area (Å²) in [4.78, 5) is 44.2. The van der Waals surface area contributed by atoms with E-state index in [1.165, 1.54) is 17.2 Å². The molecule has 64 heavy (non-hydrogen) atoms. The number of benzene rings is 2. The highest BCUT2D eigenvalue weighted by Crippen LogP contribution is 2.50. The highest BCUT2D eigenvalue weighted by Gasteiger charge is 2.61. The van der Waals surface area contributed by atoms with E-state index in [4.69, 9.17) is 16.5 Å². The van der Waals surface area contributed by atoms with Crippen LogP contribution in [0.25, 0.3) is 10.8 Å². The molecule has 348 valence electrons. The number of aromatic amines is 1.